The van der Waals surface area contributed by atoms with Crippen LogP contribution in [-0.2, 0) is 16.1 Å². The van der Waals surface area contributed by atoms with Crippen LogP contribution in [0.1, 0.15) is 10.4 Å². The maximum absolute atomic E-state index is 12.6. The minimum atomic E-state index is -2.64. The van der Waals surface area contributed by atoms with E-state index >= 15 is 0 Å². The average Bonchev–Trinajstić information content (AvgIpc) is 3.23. The van der Waals surface area contributed by atoms with Crippen LogP contribution in [0.4, 0.5) is 11.4 Å². The number of likely N-dealkylation sites (N-methyl/N-ethyl adjacent to an activating group) is 1. The number of aromatic amines is 1. The molecule has 1 aromatic heterocycles. The molecule has 3 aromatic carbocycles. The molecule has 4 rings (SSSR count). The van der Waals surface area contributed by atoms with Gasteiger partial charge in [0.05, 0.1) is 28.2 Å². The molecule has 0 fully saturated rings. The standard InChI is InChI=1S/C24H21N3O5S/c1-26(2)24(29)23(28)21-15-25-22-13-10-17(14-20(21)22)27(33(30)31)16-8-11-19(12-9-16)32-18-6-4-3-5-7-18/h3-15,25H,1-2H3,(H,30,31)/p-1. The van der Waals surface area contributed by atoms with Crippen molar-refractivity contribution in [3.05, 3.63) is 84.6 Å². The third-order valence-electron chi connectivity index (χ3n) is 4.94. The van der Waals surface area contributed by atoms with Crippen molar-refractivity contribution in [1.29, 1.82) is 0 Å². The molecule has 0 spiro atoms. The molecule has 4 aromatic rings. The fourth-order valence-corrected chi connectivity index (χ4v) is 3.92. The predicted molar refractivity (Wildman–Crippen MR) is 125 cm³/mol. The Hall–Kier alpha value is -3.95. The van der Waals surface area contributed by atoms with Crippen LogP contribution < -0.4 is 9.04 Å². The minimum Gasteiger partial charge on any atom is -0.755 e. The van der Waals surface area contributed by atoms with Gasteiger partial charge in [0.2, 0.25) is 0 Å². The van der Waals surface area contributed by atoms with Gasteiger partial charge in [-0.05, 0) is 54.6 Å². The van der Waals surface area contributed by atoms with Gasteiger partial charge in [-0.3, -0.25) is 18.1 Å². The molecule has 0 aliphatic rings. The summed E-state index contributed by atoms with van der Waals surface area (Å²) in [5.41, 5.74) is 1.49. The van der Waals surface area contributed by atoms with E-state index in [1.807, 2.05) is 30.3 Å². The summed E-state index contributed by atoms with van der Waals surface area (Å²) >= 11 is -2.64. The number of nitrogens with one attached hydrogen (secondary N) is 1. The maximum atomic E-state index is 12.6. The number of rotatable bonds is 7. The topological polar surface area (TPSA) is 106 Å². The van der Waals surface area contributed by atoms with Crippen LogP contribution in [0.2, 0.25) is 0 Å². The van der Waals surface area contributed by atoms with Crippen molar-refractivity contribution >= 4 is 45.2 Å². The van der Waals surface area contributed by atoms with Crippen LogP contribution in [0, 0.1) is 0 Å². The highest BCUT2D eigenvalue weighted by molar-refractivity contribution is 7.81. The number of aromatic nitrogens is 1. The number of Topliss-reactive ketones (excluding diaryl/α,β-unsaturated/α-hetero) is 1. The molecule has 0 bridgehead atoms. The molecule has 0 saturated heterocycles. The van der Waals surface area contributed by atoms with Gasteiger partial charge in [0.25, 0.3) is 11.7 Å². The van der Waals surface area contributed by atoms with Crippen LogP contribution in [0.5, 0.6) is 11.5 Å². The third kappa shape index (κ3) is 4.64. The second kappa shape index (κ2) is 9.27. The predicted octanol–water partition coefficient (Wildman–Crippen LogP) is 4.16. The Balaban J connectivity index is 1.67. The van der Waals surface area contributed by atoms with Crippen molar-refractivity contribution in [2.24, 2.45) is 0 Å². The molecular weight excluding hydrogens is 442 g/mol. The lowest BCUT2D eigenvalue weighted by Crippen LogP contribution is -2.29. The Bertz CT molecular complexity index is 1330. The van der Waals surface area contributed by atoms with Gasteiger partial charge >= 0.3 is 0 Å². The Morgan fingerprint density at radius 1 is 0.909 bits per heavy atom. The number of para-hydroxylation sites is 1. The quantitative estimate of drug-likeness (QED) is 0.252. The number of carbonyl (C=O) groups is 2. The van der Waals surface area contributed by atoms with Crippen LogP contribution in [0.15, 0.2) is 79.0 Å². The van der Waals surface area contributed by atoms with Crippen molar-refractivity contribution in [3.8, 4) is 11.5 Å². The number of fused-ring (bicyclic) bond motifs is 1. The molecule has 9 heteroatoms. The molecule has 0 aliphatic carbocycles. The third-order valence-corrected chi connectivity index (χ3v) is 5.66. The molecule has 8 nitrogen and oxygen atoms in total. The van der Waals surface area contributed by atoms with Gasteiger partial charge in [0, 0.05) is 31.2 Å². The molecule has 0 radical (unpaired) electrons. The number of nitrogens with zero attached hydrogens (tertiary/aromatic N) is 2. The van der Waals surface area contributed by atoms with Crippen molar-refractivity contribution < 1.29 is 23.1 Å². The second-order valence-corrected chi connectivity index (χ2v) is 8.18. The van der Waals surface area contributed by atoms with Crippen LogP contribution >= 0.6 is 0 Å². The zero-order valence-corrected chi connectivity index (χ0v) is 18.7. The van der Waals surface area contributed by atoms with Crippen molar-refractivity contribution in [1.82, 2.24) is 9.88 Å². The number of amides is 1. The van der Waals surface area contributed by atoms with Crippen molar-refractivity contribution in [2.45, 2.75) is 0 Å². The highest BCUT2D eigenvalue weighted by Crippen LogP contribution is 2.33. The lowest BCUT2D eigenvalue weighted by Gasteiger charge is -2.26. The van der Waals surface area contributed by atoms with E-state index in [-0.39, 0.29) is 5.56 Å². The Labute approximate surface area is 192 Å². The summed E-state index contributed by atoms with van der Waals surface area (Å²) in [7, 11) is 2.99. The minimum absolute atomic E-state index is 0.175. The average molecular weight is 463 g/mol. The normalized spacial score (nSPS) is 11.7. The molecular formula is C24H20N3O5S-. The summed E-state index contributed by atoms with van der Waals surface area (Å²) in [6, 6.07) is 20.7. The highest BCUT2D eigenvalue weighted by Gasteiger charge is 2.22. The first-order valence-electron chi connectivity index (χ1n) is 9.95. The Kier molecular flexibility index (Phi) is 6.25. The summed E-state index contributed by atoms with van der Waals surface area (Å²) in [6.45, 7) is 0. The number of hydrogen-bond donors (Lipinski definition) is 1. The van der Waals surface area contributed by atoms with Gasteiger partial charge in [-0.2, -0.15) is 0 Å². The number of anilines is 2. The number of hydrogen-bond acceptors (Lipinski definition) is 5. The summed E-state index contributed by atoms with van der Waals surface area (Å²) in [5.74, 6) is -0.130. The zero-order valence-electron chi connectivity index (χ0n) is 17.8. The van der Waals surface area contributed by atoms with Crippen molar-refractivity contribution in [2.75, 3.05) is 18.4 Å². The Morgan fingerprint density at radius 3 is 2.18 bits per heavy atom. The Morgan fingerprint density at radius 2 is 1.55 bits per heavy atom. The van der Waals surface area contributed by atoms with E-state index in [4.69, 9.17) is 4.74 Å². The molecule has 0 saturated carbocycles. The van der Waals surface area contributed by atoms with E-state index in [0.717, 1.165) is 4.31 Å². The summed E-state index contributed by atoms with van der Waals surface area (Å²) in [6.07, 6.45) is 1.45. The van der Waals surface area contributed by atoms with Crippen molar-refractivity contribution in [3.63, 3.8) is 0 Å². The first-order chi connectivity index (χ1) is 15.8. The molecule has 1 amide bonds. The zero-order chi connectivity index (χ0) is 23.5. The van der Waals surface area contributed by atoms with Gasteiger partial charge in [0.15, 0.2) is 0 Å². The largest absolute Gasteiger partial charge is 0.755 e. The van der Waals surface area contributed by atoms with Gasteiger partial charge in [0.1, 0.15) is 11.5 Å². The lowest BCUT2D eigenvalue weighted by molar-refractivity contribution is -0.124. The SMILES string of the molecule is CN(C)C(=O)C(=O)c1c[nH]c2ccc(N(c3ccc(Oc4ccccc4)cc3)S(=O)[O-])cc12. The molecule has 1 N–H and O–H groups in total. The molecule has 0 aliphatic heterocycles. The summed E-state index contributed by atoms with van der Waals surface area (Å²) in [4.78, 5) is 28.9. The first-order valence-corrected chi connectivity index (χ1v) is 11.0. The number of ketones is 1. The monoisotopic (exact) mass is 462 g/mol. The van der Waals surface area contributed by atoms with E-state index in [2.05, 4.69) is 4.98 Å². The molecule has 168 valence electrons. The molecule has 33 heavy (non-hydrogen) atoms. The maximum Gasteiger partial charge on any atom is 0.294 e. The van der Waals surface area contributed by atoms with Gasteiger partial charge < -0.3 is 19.2 Å². The first kappa shape index (κ1) is 22.3. The second-order valence-electron chi connectivity index (χ2n) is 7.38. The van der Waals surface area contributed by atoms with E-state index in [1.165, 1.54) is 25.2 Å². The fourth-order valence-electron chi connectivity index (χ4n) is 3.34. The van der Waals surface area contributed by atoms with Crippen LogP contribution in [0.3, 0.4) is 0 Å². The van der Waals surface area contributed by atoms with Gasteiger partial charge in [-0.15, -0.1) is 0 Å². The lowest BCUT2D eigenvalue weighted by atomic mass is 10.1. The van der Waals surface area contributed by atoms with E-state index < -0.39 is 23.0 Å². The number of H-pyrrole nitrogens is 1. The summed E-state index contributed by atoms with van der Waals surface area (Å²) < 4.78 is 31.1. The smallest absolute Gasteiger partial charge is 0.294 e. The molecule has 1 unspecified atom stereocenters. The molecule has 1 atom stereocenters. The van der Waals surface area contributed by atoms with Gasteiger partial charge in [-0.25, -0.2) is 0 Å². The van der Waals surface area contributed by atoms with E-state index in [0.29, 0.717) is 33.8 Å². The number of carbonyl (C=O) groups excluding carboxylic acids is 2. The molecule has 1 heterocycles. The van der Waals surface area contributed by atoms with Crippen LogP contribution in [-0.4, -0.2) is 44.4 Å². The highest BCUT2D eigenvalue weighted by atomic mass is 32.2. The van der Waals surface area contributed by atoms with Crippen LogP contribution in [0.25, 0.3) is 10.9 Å². The van der Waals surface area contributed by atoms with Gasteiger partial charge in [-0.1, -0.05) is 18.2 Å². The number of benzene rings is 3. The van der Waals surface area contributed by atoms with E-state index in [1.54, 1.807) is 42.5 Å². The summed E-state index contributed by atoms with van der Waals surface area (Å²) in [5, 5.41) is 0.451. The van der Waals surface area contributed by atoms with E-state index in [9.17, 15) is 18.4 Å². The fraction of sp³-hybridized carbons (Fsp3) is 0.0833. The number of ether oxygens (including phenoxy) is 1.